The van der Waals surface area contributed by atoms with Gasteiger partial charge < -0.3 is 5.32 Å². The van der Waals surface area contributed by atoms with Crippen LogP contribution in [-0.4, -0.2) is 18.0 Å². The van der Waals surface area contributed by atoms with Crippen LogP contribution in [0.5, 0.6) is 0 Å². The first-order valence-electron chi connectivity index (χ1n) is 6.48. The first-order chi connectivity index (χ1) is 8.97. The fourth-order valence-electron chi connectivity index (χ4n) is 1.94. The molecule has 2 rings (SSSR count). The maximum Gasteiger partial charge on any atom is 0.237 e. The van der Waals surface area contributed by atoms with Crippen LogP contribution in [0.1, 0.15) is 38.3 Å². The molecule has 0 bridgehead atoms. The summed E-state index contributed by atoms with van der Waals surface area (Å²) in [5, 5.41) is 7.51. The predicted octanol–water partition coefficient (Wildman–Crippen LogP) is 3.31. The monoisotopic (exact) mass is 300 g/mol. The average Bonchev–Trinajstić information content (AvgIpc) is 3.15. The lowest BCUT2D eigenvalue weighted by atomic mass is 10.1. The van der Waals surface area contributed by atoms with Crippen molar-refractivity contribution in [3.63, 3.8) is 0 Å². The van der Waals surface area contributed by atoms with Crippen LogP contribution in [0.2, 0.25) is 10.0 Å². The molecular weight excluding hydrogens is 283 g/mol. The van der Waals surface area contributed by atoms with Gasteiger partial charge in [0.15, 0.2) is 0 Å². The Hall–Kier alpha value is -0.770. The van der Waals surface area contributed by atoms with Gasteiger partial charge in [0.1, 0.15) is 0 Å². The molecule has 1 aromatic carbocycles. The van der Waals surface area contributed by atoms with Crippen LogP contribution in [0, 0.1) is 0 Å². The molecule has 1 aromatic rings. The van der Waals surface area contributed by atoms with Crippen molar-refractivity contribution in [1.82, 2.24) is 10.6 Å². The second kappa shape index (κ2) is 6.12. The quantitative estimate of drug-likeness (QED) is 0.876. The highest BCUT2D eigenvalue weighted by molar-refractivity contribution is 6.33. The van der Waals surface area contributed by atoms with Crippen molar-refractivity contribution < 1.29 is 4.79 Å². The smallest absolute Gasteiger partial charge is 0.237 e. The molecule has 104 valence electrons. The van der Waals surface area contributed by atoms with Crippen LogP contribution in [-0.2, 0) is 4.79 Å². The molecule has 5 heteroatoms. The van der Waals surface area contributed by atoms with Gasteiger partial charge in [0.25, 0.3) is 0 Å². The molecule has 1 amide bonds. The van der Waals surface area contributed by atoms with Gasteiger partial charge in [-0.05, 0) is 50.5 Å². The Morgan fingerprint density at radius 1 is 1.32 bits per heavy atom. The molecule has 0 radical (unpaired) electrons. The van der Waals surface area contributed by atoms with Gasteiger partial charge >= 0.3 is 0 Å². The van der Waals surface area contributed by atoms with E-state index in [0.717, 1.165) is 18.4 Å². The highest BCUT2D eigenvalue weighted by atomic mass is 35.5. The number of nitrogens with one attached hydrogen (secondary N) is 2. The predicted molar refractivity (Wildman–Crippen MR) is 78.6 cm³/mol. The molecule has 0 spiro atoms. The number of rotatable bonds is 5. The van der Waals surface area contributed by atoms with E-state index in [0.29, 0.717) is 16.1 Å². The van der Waals surface area contributed by atoms with Crippen molar-refractivity contribution in [3.05, 3.63) is 33.8 Å². The molecule has 2 unspecified atom stereocenters. The van der Waals surface area contributed by atoms with Gasteiger partial charge in [0.05, 0.1) is 6.04 Å². The van der Waals surface area contributed by atoms with E-state index in [9.17, 15) is 4.79 Å². The van der Waals surface area contributed by atoms with Gasteiger partial charge in [-0.1, -0.05) is 23.2 Å². The molecule has 0 aromatic heterocycles. The molecule has 1 aliphatic rings. The highest BCUT2D eigenvalue weighted by Gasteiger charge is 2.26. The largest absolute Gasteiger partial charge is 0.352 e. The van der Waals surface area contributed by atoms with Crippen LogP contribution in [0.25, 0.3) is 0 Å². The van der Waals surface area contributed by atoms with Crippen molar-refractivity contribution in [3.8, 4) is 0 Å². The molecule has 0 saturated heterocycles. The van der Waals surface area contributed by atoms with Crippen LogP contribution in [0.4, 0.5) is 0 Å². The summed E-state index contributed by atoms with van der Waals surface area (Å²) in [6.45, 7) is 3.82. The van der Waals surface area contributed by atoms with Gasteiger partial charge in [-0.25, -0.2) is 0 Å². The minimum atomic E-state index is -0.259. The topological polar surface area (TPSA) is 41.1 Å². The second-order valence-corrected chi connectivity index (χ2v) is 5.90. The summed E-state index contributed by atoms with van der Waals surface area (Å²) in [5.41, 5.74) is 0.903. The number of carbonyl (C=O) groups is 1. The molecule has 1 aliphatic carbocycles. The van der Waals surface area contributed by atoms with Crippen molar-refractivity contribution in [1.29, 1.82) is 0 Å². The number of carbonyl (C=O) groups excluding carboxylic acids is 1. The minimum Gasteiger partial charge on any atom is -0.352 e. The van der Waals surface area contributed by atoms with E-state index >= 15 is 0 Å². The fraction of sp³-hybridized carbons (Fsp3) is 0.500. The Kier molecular flexibility index (Phi) is 4.71. The standard InChI is InChI=1S/C14H18Cl2N2O/c1-8(12-7-10(15)3-6-13(12)16)17-9(2)14(19)18-11-4-5-11/h3,6-9,11,17H,4-5H2,1-2H3,(H,18,19). The van der Waals surface area contributed by atoms with Gasteiger partial charge in [0.2, 0.25) is 5.91 Å². The van der Waals surface area contributed by atoms with E-state index in [4.69, 9.17) is 23.2 Å². The summed E-state index contributed by atoms with van der Waals surface area (Å²) in [5.74, 6) is 0.0347. The third-order valence-electron chi connectivity index (χ3n) is 3.24. The summed E-state index contributed by atoms with van der Waals surface area (Å²) in [4.78, 5) is 11.9. The van der Waals surface area contributed by atoms with E-state index in [1.165, 1.54) is 0 Å². The van der Waals surface area contributed by atoms with Gasteiger partial charge in [-0.15, -0.1) is 0 Å². The second-order valence-electron chi connectivity index (χ2n) is 5.06. The fourth-order valence-corrected chi connectivity index (χ4v) is 2.40. The Bertz CT molecular complexity index is 475. The Labute approximate surface area is 123 Å². The molecule has 2 N–H and O–H groups in total. The van der Waals surface area contributed by atoms with Gasteiger partial charge in [-0.2, -0.15) is 0 Å². The highest BCUT2D eigenvalue weighted by Crippen LogP contribution is 2.26. The minimum absolute atomic E-state index is 0.0347. The third-order valence-corrected chi connectivity index (χ3v) is 3.82. The Morgan fingerprint density at radius 2 is 2.00 bits per heavy atom. The Morgan fingerprint density at radius 3 is 2.63 bits per heavy atom. The maximum absolute atomic E-state index is 11.9. The van der Waals surface area contributed by atoms with E-state index in [2.05, 4.69) is 10.6 Å². The lowest BCUT2D eigenvalue weighted by molar-refractivity contribution is -0.123. The summed E-state index contributed by atoms with van der Waals surface area (Å²) in [6.07, 6.45) is 2.18. The van der Waals surface area contributed by atoms with E-state index in [-0.39, 0.29) is 18.0 Å². The molecule has 19 heavy (non-hydrogen) atoms. The van der Waals surface area contributed by atoms with Crippen molar-refractivity contribution >= 4 is 29.1 Å². The summed E-state index contributed by atoms with van der Waals surface area (Å²) in [6, 6.07) is 5.43. The molecule has 0 heterocycles. The van der Waals surface area contributed by atoms with Crippen LogP contribution < -0.4 is 10.6 Å². The molecule has 0 aliphatic heterocycles. The lowest BCUT2D eigenvalue weighted by Gasteiger charge is -2.21. The zero-order valence-corrected chi connectivity index (χ0v) is 12.6. The van der Waals surface area contributed by atoms with Crippen LogP contribution in [0.15, 0.2) is 18.2 Å². The van der Waals surface area contributed by atoms with Crippen molar-refractivity contribution in [2.24, 2.45) is 0 Å². The summed E-state index contributed by atoms with van der Waals surface area (Å²) >= 11 is 12.1. The van der Waals surface area contributed by atoms with Crippen molar-refractivity contribution in [2.45, 2.75) is 44.8 Å². The first kappa shape index (κ1) is 14.6. The molecular formula is C14H18Cl2N2O. The van der Waals surface area contributed by atoms with Crippen LogP contribution in [0.3, 0.4) is 0 Å². The summed E-state index contributed by atoms with van der Waals surface area (Å²) < 4.78 is 0. The number of hydrogen-bond donors (Lipinski definition) is 2. The number of hydrogen-bond acceptors (Lipinski definition) is 2. The molecule has 1 saturated carbocycles. The maximum atomic E-state index is 11.9. The number of amides is 1. The zero-order valence-electron chi connectivity index (χ0n) is 11.0. The molecule has 1 fully saturated rings. The lowest BCUT2D eigenvalue weighted by Crippen LogP contribution is -2.43. The molecule has 2 atom stereocenters. The Balaban J connectivity index is 1.97. The molecule has 3 nitrogen and oxygen atoms in total. The summed E-state index contributed by atoms with van der Waals surface area (Å²) in [7, 11) is 0. The zero-order chi connectivity index (χ0) is 14.0. The van der Waals surface area contributed by atoms with E-state index in [1.807, 2.05) is 19.9 Å². The van der Waals surface area contributed by atoms with E-state index < -0.39 is 0 Å². The normalized spacial score (nSPS) is 17.9. The first-order valence-corrected chi connectivity index (χ1v) is 7.24. The number of benzene rings is 1. The van der Waals surface area contributed by atoms with Crippen LogP contribution >= 0.6 is 23.2 Å². The average molecular weight is 301 g/mol. The van der Waals surface area contributed by atoms with Gasteiger partial charge in [-0.3, -0.25) is 10.1 Å². The van der Waals surface area contributed by atoms with E-state index in [1.54, 1.807) is 12.1 Å². The number of halogens is 2. The van der Waals surface area contributed by atoms with Gasteiger partial charge in [0, 0.05) is 22.1 Å². The van der Waals surface area contributed by atoms with Crippen molar-refractivity contribution in [2.75, 3.05) is 0 Å². The SMILES string of the molecule is CC(NC(C)c1cc(Cl)ccc1Cl)C(=O)NC1CC1. The third kappa shape index (κ3) is 4.10.